The summed E-state index contributed by atoms with van der Waals surface area (Å²) in [6.07, 6.45) is 3.91. The zero-order valence-electron chi connectivity index (χ0n) is 11.9. The maximum atomic E-state index is 12.9. The molecule has 1 N–H and O–H groups in total. The fourth-order valence-corrected chi connectivity index (χ4v) is 1.60. The minimum atomic E-state index is -0.495. The van der Waals surface area contributed by atoms with Crippen molar-refractivity contribution in [3.05, 3.63) is 40.7 Å². The lowest BCUT2D eigenvalue weighted by atomic mass is 10.2. The van der Waals surface area contributed by atoms with E-state index < -0.39 is 17.5 Å². The number of alkyl carbamates (subject to hydrolysis) is 1. The summed E-state index contributed by atoms with van der Waals surface area (Å²) in [6.45, 7) is 5.90. The summed E-state index contributed by atoms with van der Waals surface area (Å²) in [5.41, 5.74) is 0.318. The van der Waals surface area contributed by atoms with Crippen LogP contribution in [0.5, 0.6) is 0 Å². The Morgan fingerprint density at radius 3 is 2.75 bits per heavy atom. The maximum absolute atomic E-state index is 12.9. The highest BCUT2D eigenvalue weighted by molar-refractivity contribution is 6.30. The van der Waals surface area contributed by atoms with E-state index in [4.69, 9.17) is 16.3 Å². The van der Waals surface area contributed by atoms with Gasteiger partial charge in [-0.3, -0.25) is 0 Å². The SMILES string of the molecule is CC(C)(C)OC(=O)NCCC=Cc1ccc(F)c(Cl)c1. The van der Waals surface area contributed by atoms with Crippen LogP contribution in [0.25, 0.3) is 6.08 Å². The molecule has 1 aromatic rings. The number of benzene rings is 1. The lowest BCUT2D eigenvalue weighted by Crippen LogP contribution is -2.32. The molecule has 1 amide bonds. The lowest BCUT2D eigenvalue weighted by molar-refractivity contribution is 0.0529. The van der Waals surface area contributed by atoms with Gasteiger partial charge in [0.05, 0.1) is 5.02 Å². The number of carbonyl (C=O) groups is 1. The van der Waals surface area contributed by atoms with E-state index in [9.17, 15) is 9.18 Å². The van der Waals surface area contributed by atoms with Gasteiger partial charge in [-0.2, -0.15) is 0 Å². The number of hydrogen-bond donors (Lipinski definition) is 1. The predicted molar refractivity (Wildman–Crippen MR) is 79.3 cm³/mol. The Balaban J connectivity index is 2.32. The molecule has 0 spiro atoms. The van der Waals surface area contributed by atoms with E-state index >= 15 is 0 Å². The van der Waals surface area contributed by atoms with Crippen LogP contribution in [0.4, 0.5) is 9.18 Å². The average Bonchev–Trinajstić information content (AvgIpc) is 2.31. The molecule has 0 atom stereocenters. The van der Waals surface area contributed by atoms with Gasteiger partial charge >= 0.3 is 6.09 Å². The molecule has 20 heavy (non-hydrogen) atoms. The first-order valence-corrected chi connectivity index (χ1v) is 6.74. The zero-order chi connectivity index (χ0) is 15.2. The van der Waals surface area contributed by atoms with E-state index in [1.54, 1.807) is 12.1 Å². The second-order valence-electron chi connectivity index (χ2n) is 5.29. The topological polar surface area (TPSA) is 38.3 Å². The fourth-order valence-electron chi connectivity index (χ4n) is 1.41. The molecule has 110 valence electrons. The molecular formula is C15H19ClFNO2. The Morgan fingerprint density at radius 1 is 1.45 bits per heavy atom. The number of nitrogens with one attached hydrogen (secondary N) is 1. The molecule has 0 unspecified atom stereocenters. The van der Waals surface area contributed by atoms with Crippen LogP contribution >= 0.6 is 11.6 Å². The third-order valence-electron chi connectivity index (χ3n) is 2.23. The van der Waals surface area contributed by atoms with Gasteiger partial charge in [-0.1, -0.05) is 29.8 Å². The minimum absolute atomic E-state index is 0.0963. The molecular weight excluding hydrogens is 281 g/mol. The first-order chi connectivity index (χ1) is 9.28. The second kappa shape index (κ2) is 7.29. The van der Waals surface area contributed by atoms with Gasteiger partial charge in [0.2, 0.25) is 0 Å². The Hall–Kier alpha value is -1.55. The van der Waals surface area contributed by atoms with Gasteiger partial charge in [0.15, 0.2) is 0 Å². The molecule has 0 saturated heterocycles. The molecule has 5 heteroatoms. The van der Waals surface area contributed by atoms with E-state index in [1.165, 1.54) is 6.07 Å². The Morgan fingerprint density at radius 2 is 2.15 bits per heavy atom. The summed E-state index contributed by atoms with van der Waals surface area (Å²) < 4.78 is 18.0. The molecule has 0 fully saturated rings. The van der Waals surface area contributed by atoms with E-state index in [1.807, 2.05) is 32.9 Å². The number of amides is 1. The van der Waals surface area contributed by atoms with Crippen molar-refractivity contribution in [3.8, 4) is 0 Å². The molecule has 0 aliphatic heterocycles. The molecule has 0 heterocycles. The summed E-state index contributed by atoms with van der Waals surface area (Å²) >= 11 is 5.67. The molecule has 0 bridgehead atoms. The highest BCUT2D eigenvalue weighted by atomic mass is 35.5. The Kier molecular flexibility index (Phi) is 6.02. The molecule has 1 aromatic carbocycles. The van der Waals surface area contributed by atoms with Crippen molar-refractivity contribution in [2.45, 2.75) is 32.8 Å². The summed E-state index contributed by atoms with van der Waals surface area (Å²) in [7, 11) is 0. The predicted octanol–water partition coefficient (Wildman–Crippen LogP) is 4.41. The molecule has 0 aromatic heterocycles. The van der Waals surface area contributed by atoms with Crippen LogP contribution in [-0.2, 0) is 4.74 Å². The molecule has 0 saturated carbocycles. The van der Waals surface area contributed by atoms with E-state index in [0.717, 1.165) is 5.56 Å². The number of ether oxygens (including phenoxy) is 1. The number of carbonyl (C=O) groups excluding carboxylic acids is 1. The van der Waals surface area contributed by atoms with Crippen molar-refractivity contribution in [2.75, 3.05) is 6.54 Å². The highest BCUT2D eigenvalue weighted by Gasteiger charge is 2.15. The molecule has 0 aliphatic carbocycles. The quantitative estimate of drug-likeness (QED) is 0.836. The third-order valence-corrected chi connectivity index (χ3v) is 2.52. The fraction of sp³-hybridized carbons (Fsp3) is 0.400. The van der Waals surface area contributed by atoms with Gasteiger partial charge in [0.1, 0.15) is 11.4 Å². The number of rotatable bonds is 4. The molecule has 0 radical (unpaired) electrons. The summed E-state index contributed by atoms with van der Waals surface area (Å²) in [5.74, 6) is -0.435. The van der Waals surface area contributed by atoms with Crippen LogP contribution in [0, 0.1) is 5.82 Å². The zero-order valence-corrected chi connectivity index (χ0v) is 12.6. The van der Waals surface area contributed by atoms with Crippen LogP contribution < -0.4 is 5.32 Å². The van der Waals surface area contributed by atoms with Crippen molar-refractivity contribution >= 4 is 23.8 Å². The largest absolute Gasteiger partial charge is 0.444 e. The van der Waals surface area contributed by atoms with Gasteiger partial charge in [-0.05, 0) is 44.9 Å². The Labute approximate surface area is 123 Å². The van der Waals surface area contributed by atoms with Gasteiger partial charge in [-0.25, -0.2) is 9.18 Å². The van der Waals surface area contributed by atoms with Crippen molar-refractivity contribution in [1.82, 2.24) is 5.32 Å². The van der Waals surface area contributed by atoms with Crippen LogP contribution in [0.2, 0.25) is 5.02 Å². The second-order valence-corrected chi connectivity index (χ2v) is 5.70. The van der Waals surface area contributed by atoms with Gasteiger partial charge in [0, 0.05) is 6.54 Å². The Bertz CT molecular complexity index is 495. The third kappa shape index (κ3) is 6.57. The maximum Gasteiger partial charge on any atom is 0.407 e. The van der Waals surface area contributed by atoms with E-state index in [2.05, 4.69) is 5.32 Å². The average molecular weight is 300 g/mol. The summed E-state index contributed by atoms with van der Waals surface area (Å²) in [5, 5.41) is 2.74. The van der Waals surface area contributed by atoms with Crippen LogP contribution in [0.3, 0.4) is 0 Å². The normalized spacial score (nSPS) is 11.7. The monoisotopic (exact) mass is 299 g/mol. The van der Waals surface area contributed by atoms with Crippen molar-refractivity contribution in [3.63, 3.8) is 0 Å². The van der Waals surface area contributed by atoms with Crippen molar-refractivity contribution in [2.24, 2.45) is 0 Å². The minimum Gasteiger partial charge on any atom is -0.444 e. The molecule has 0 aliphatic rings. The number of hydrogen-bond acceptors (Lipinski definition) is 2. The first kappa shape index (κ1) is 16.5. The smallest absolute Gasteiger partial charge is 0.407 e. The first-order valence-electron chi connectivity index (χ1n) is 6.36. The summed E-state index contributed by atoms with van der Waals surface area (Å²) in [6, 6.07) is 4.51. The highest BCUT2D eigenvalue weighted by Crippen LogP contribution is 2.16. The van der Waals surface area contributed by atoms with Gasteiger partial charge in [0.25, 0.3) is 0 Å². The van der Waals surface area contributed by atoms with Crippen molar-refractivity contribution < 1.29 is 13.9 Å². The molecule has 3 nitrogen and oxygen atoms in total. The van der Waals surface area contributed by atoms with Crippen LogP contribution in [0.15, 0.2) is 24.3 Å². The van der Waals surface area contributed by atoms with Crippen molar-refractivity contribution in [1.29, 1.82) is 0 Å². The molecule has 1 rings (SSSR count). The van der Waals surface area contributed by atoms with Crippen LogP contribution in [-0.4, -0.2) is 18.2 Å². The summed E-state index contributed by atoms with van der Waals surface area (Å²) in [4.78, 5) is 11.4. The van der Waals surface area contributed by atoms with Gasteiger partial charge in [-0.15, -0.1) is 0 Å². The number of halogens is 2. The van der Waals surface area contributed by atoms with E-state index in [0.29, 0.717) is 13.0 Å². The van der Waals surface area contributed by atoms with Gasteiger partial charge < -0.3 is 10.1 Å². The van der Waals surface area contributed by atoms with Crippen LogP contribution in [0.1, 0.15) is 32.8 Å². The standard InChI is InChI=1S/C15H19ClFNO2/c1-15(2,3)20-14(19)18-9-5-4-6-11-7-8-13(17)12(16)10-11/h4,6-8,10H,5,9H2,1-3H3,(H,18,19). The van der Waals surface area contributed by atoms with E-state index in [-0.39, 0.29) is 5.02 Å². The lowest BCUT2D eigenvalue weighted by Gasteiger charge is -2.19.